The van der Waals surface area contributed by atoms with Crippen LogP contribution in [0.5, 0.6) is 0 Å². The van der Waals surface area contributed by atoms with Crippen molar-refractivity contribution in [3.63, 3.8) is 0 Å². The minimum absolute atomic E-state index is 0.667. The van der Waals surface area contributed by atoms with Crippen LogP contribution < -0.4 is 5.32 Å². The molecule has 13 heavy (non-hydrogen) atoms. The number of rotatable bonds is 3. The summed E-state index contributed by atoms with van der Waals surface area (Å²) in [6.07, 6.45) is 3.75. The van der Waals surface area contributed by atoms with Crippen molar-refractivity contribution in [2.75, 3.05) is 20.1 Å². The lowest BCUT2D eigenvalue weighted by Gasteiger charge is -2.36. The second-order valence-electron chi connectivity index (χ2n) is 3.79. The Morgan fingerprint density at radius 2 is 2.31 bits per heavy atom. The van der Waals surface area contributed by atoms with E-state index in [1.165, 1.54) is 5.69 Å². The molecule has 0 amide bonds. The topological polar surface area (TPSA) is 33.1 Å². The van der Waals surface area contributed by atoms with Crippen LogP contribution in [0.1, 0.15) is 5.69 Å². The van der Waals surface area contributed by atoms with Crippen LogP contribution in [-0.4, -0.2) is 40.6 Å². The molecule has 0 bridgehead atoms. The van der Waals surface area contributed by atoms with Gasteiger partial charge in [0.15, 0.2) is 0 Å². The van der Waals surface area contributed by atoms with Gasteiger partial charge in [0, 0.05) is 38.9 Å². The fourth-order valence-corrected chi connectivity index (χ4v) is 1.63. The van der Waals surface area contributed by atoms with Crippen LogP contribution in [0.4, 0.5) is 0 Å². The van der Waals surface area contributed by atoms with Crippen molar-refractivity contribution in [2.24, 2.45) is 7.05 Å². The Morgan fingerprint density at radius 3 is 2.85 bits per heavy atom. The van der Waals surface area contributed by atoms with Crippen LogP contribution in [0.3, 0.4) is 0 Å². The number of nitrogens with one attached hydrogen (secondary N) is 1. The number of nitrogens with zero attached hydrogens (tertiary/aromatic N) is 3. The van der Waals surface area contributed by atoms with Crippen LogP contribution in [0.15, 0.2) is 12.5 Å². The number of imidazole rings is 1. The molecule has 4 heteroatoms. The SMILES string of the molecule is CN1CC(NCc2cncn2C)C1. The molecule has 72 valence electrons. The van der Waals surface area contributed by atoms with Gasteiger partial charge in [0.25, 0.3) is 0 Å². The first-order valence-electron chi connectivity index (χ1n) is 4.63. The van der Waals surface area contributed by atoms with Crippen molar-refractivity contribution in [3.8, 4) is 0 Å². The molecule has 1 aliphatic rings. The quantitative estimate of drug-likeness (QED) is 0.700. The normalized spacial score (nSPS) is 18.9. The highest BCUT2D eigenvalue weighted by atomic mass is 15.2. The van der Waals surface area contributed by atoms with Crippen molar-refractivity contribution in [1.29, 1.82) is 0 Å². The average Bonchev–Trinajstić information content (AvgIpc) is 2.43. The van der Waals surface area contributed by atoms with Crippen molar-refractivity contribution in [1.82, 2.24) is 19.8 Å². The van der Waals surface area contributed by atoms with Gasteiger partial charge in [-0.15, -0.1) is 0 Å². The van der Waals surface area contributed by atoms with Gasteiger partial charge in [-0.25, -0.2) is 4.98 Å². The minimum atomic E-state index is 0.667. The summed E-state index contributed by atoms with van der Waals surface area (Å²) >= 11 is 0. The van der Waals surface area contributed by atoms with E-state index in [9.17, 15) is 0 Å². The Bertz CT molecular complexity index is 275. The molecule has 2 rings (SSSR count). The van der Waals surface area contributed by atoms with Crippen LogP contribution in [0.2, 0.25) is 0 Å². The molecule has 0 spiro atoms. The lowest BCUT2D eigenvalue weighted by atomic mass is 10.1. The molecule has 1 aromatic rings. The van der Waals surface area contributed by atoms with Gasteiger partial charge in [-0.3, -0.25) is 0 Å². The summed E-state index contributed by atoms with van der Waals surface area (Å²) in [5.41, 5.74) is 1.24. The number of aromatic nitrogens is 2. The Kier molecular flexibility index (Phi) is 2.33. The van der Waals surface area contributed by atoms with Crippen LogP contribution in [0, 0.1) is 0 Å². The molecule has 0 unspecified atom stereocenters. The molecule has 0 aliphatic carbocycles. The van der Waals surface area contributed by atoms with Gasteiger partial charge in [-0.05, 0) is 7.05 Å². The van der Waals surface area contributed by atoms with E-state index in [0.29, 0.717) is 6.04 Å². The van der Waals surface area contributed by atoms with Crippen molar-refractivity contribution >= 4 is 0 Å². The van der Waals surface area contributed by atoms with Crippen LogP contribution in [-0.2, 0) is 13.6 Å². The van der Waals surface area contributed by atoms with Gasteiger partial charge in [-0.1, -0.05) is 0 Å². The molecule has 1 fully saturated rings. The third-order valence-electron chi connectivity index (χ3n) is 2.55. The summed E-state index contributed by atoms with van der Waals surface area (Å²) in [6.45, 7) is 3.25. The lowest BCUT2D eigenvalue weighted by Crippen LogP contribution is -2.55. The fourth-order valence-electron chi connectivity index (χ4n) is 1.63. The second-order valence-corrected chi connectivity index (χ2v) is 3.79. The molecule has 1 aromatic heterocycles. The number of hydrogen-bond acceptors (Lipinski definition) is 3. The molecule has 0 atom stereocenters. The van der Waals surface area contributed by atoms with E-state index in [0.717, 1.165) is 19.6 Å². The van der Waals surface area contributed by atoms with E-state index in [1.54, 1.807) is 0 Å². The number of likely N-dealkylation sites (N-methyl/N-ethyl adjacent to an activating group) is 1. The van der Waals surface area contributed by atoms with E-state index >= 15 is 0 Å². The maximum Gasteiger partial charge on any atom is 0.0945 e. The highest BCUT2D eigenvalue weighted by Gasteiger charge is 2.22. The van der Waals surface area contributed by atoms with Crippen molar-refractivity contribution < 1.29 is 0 Å². The van der Waals surface area contributed by atoms with Gasteiger partial charge in [-0.2, -0.15) is 0 Å². The van der Waals surface area contributed by atoms with Gasteiger partial charge in [0.2, 0.25) is 0 Å². The molecular weight excluding hydrogens is 164 g/mol. The predicted molar refractivity (Wildman–Crippen MR) is 51.3 cm³/mol. The third-order valence-corrected chi connectivity index (χ3v) is 2.55. The molecule has 4 nitrogen and oxygen atoms in total. The zero-order valence-electron chi connectivity index (χ0n) is 8.20. The fraction of sp³-hybridized carbons (Fsp3) is 0.667. The number of hydrogen-bond donors (Lipinski definition) is 1. The summed E-state index contributed by atoms with van der Waals surface area (Å²) in [6, 6.07) is 0.667. The third kappa shape index (κ3) is 1.89. The predicted octanol–water partition coefficient (Wildman–Crippen LogP) is -0.176. The molecule has 0 radical (unpaired) electrons. The lowest BCUT2D eigenvalue weighted by molar-refractivity contribution is 0.160. The van der Waals surface area contributed by atoms with Crippen LogP contribution in [0.25, 0.3) is 0 Å². The van der Waals surface area contributed by atoms with Gasteiger partial charge < -0.3 is 14.8 Å². The van der Waals surface area contributed by atoms with E-state index in [2.05, 4.69) is 26.8 Å². The van der Waals surface area contributed by atoms with Crippen LogP contribution >= 0.6 is 0 Å². The van der Waals surface area contributed by atoms with Gasteiger partial charge in [0.1, 0.15) is 0 Å². The standard InChI is InChI=1S/C9H16N4/c1-12-5-8(6-12)11-4-9-3-10-7-13(9)2/h3,7-8,11H,4-6H2,1-2H3. The van der Waals surface area contributed by atoms with Crippen molar-refractivity contribution in [3.05, 3.63) is 18.2 Å². The summed E-state index contributed by atoms with van der Waals surface area (Å²) in [5, 5.41) is 3.49. The molecular formula is C9H16N4. The minimum Gasteiger partial charge on any atom is -0.337 e. The highest BCUT2D eigenvalue weighted by Crippen LogP contribution is 2.04. The van der Waals surface area contributed by atoms with Gasteiger partial charge in [0.05, 0.1) is 12.0 Å². The molecule has 1 N–H and O–H groups in total. The summed E-state index contributed by atoms with van der Waals surface area (Å²) in [7, 11) is 4.17. The highest BCUT2D eigenvalue weighted by molar-refractivity contribution is 4.98. The molecule has 1 aliphatic heterocycles. The van der Waals surface area contributed by atoms with E-state index in [1.807, 2.05) is 19.6 Å². The zero-order valence-corrected chi connectivity index (χ0v) is 8.20. The smallest absolute Gasteiger partial charge is 0.0945 e. The summed E-state index contributed by atoms with van der Waals surface area (Å²) in [5.74, 6) is 0. The Labute approximate surface area is 78.6 Å². The van der Waals surface area contributed by atoms with E-state index < -0.39 is 0 Å². The first kappa shape index (κ1) is 8.72. The summed E-state index contributed by atoms with van der Waals surface area (Å²) < 4.78 is 2.05. The Balaban J connectivity index is 1.77. The maximum absolute atomic E-state index is 4.07. The van der Waals surface area contributed by atoms with Gasteiger partial charge >= 0.3 is 0 Å². The second kappa shape index (κ2) is 3.47. The molecule has 1 saturated heterocycles. The Morgan fingerprint density at radius 1 is 1.54 bits per heavy atom. The largest absolute Gasteiger partial charge is 0.337 e. The van der Waals surface area contributed by atoms with E-state index in [-0.39, 0.29) is 0 Å². The van der Waals surface area contributed by atoms with E-state index in [4.69, 9.17) is 0 Å². The average molecular weight is 180 g/mol. The first-order chi connectivity index (χ1) is 6.25. The number of likely N-dealkylation sites (tertiary alicyclic amines) is 1. The Hall–Kier alpha value is -0.870. The zero-order chi connectivity index (χ0) is 9.26. The van der Waals surface area contributed by atoms with Crippen molar-refractivity contribution in [2.45, 2.75) is 12.6 Å². The number of aryl methyl sites for hydroxylation is 1. The molecule has 0 aromatic carbocycles. The maximum atomic E-state index is 4.07. The summed E-state index contributed by atoms with van der Waals surface area (Å²) in [4.78, 5) is 6.38. The molecule has 2 heterocycles. The monoisotopic (exact) mass is 180 g/mol. The molecule has 0 saturated carbocycles. The first-order valence-corrected chi connectivity index (χ1v) is 4.63.